The molecule has 0 unspecified atom stereocenters. The first-order chi connectivity index (χ1) is 7.00. The van der Waals surface area contributed by atoms with Gasteiger partial charge in [-0.05, 0) is 19.1 Å². The highest BCUT2D eigenvalue weighted by Gasteiger charge is 2.12. The van der Waals surface area contributed by atoms with E-state index in [1.165, 1.54) is 0 Å². The molecule has 0 N–H and O–H groups in total. The Balaban J connectivity index is 2.80. The Bertz CT molecular complexity index is 390. The molecule has 0 saturated heterocycles. The fourth-order valence-electron chi connectivity index (χ4n) is 1.20. The van der Waals surface area contributed by atoms with Gasteiger partial charge in [-0.15, -0.1) is 0 Å². The van der Waals surface area contributed by atoms with Crippen molar-refractivity contribution in [3.8, 4) is 0 Å². The molecule has 1 aromatic heterocycles. The molecule has 0 radical (unpaired) electrons. The van der Waals surface area contributed by atoms with Crippen molar-refractivity contribution in [2.24, 2.45) is 0 Å². The molecule has 4 heteroatoms. The standard InChI is InChI=1S/C11H13ClN2O/c1-8(2)7-14(3)11(15)9-5-4-6-10(12)13-9/h4-6H,1,7H2,2-3H3. The van der Waals surface area contributed by atoms with Gasteiger partial charge < -0.3 is 4.90 Å². The molecule has 1 heterocycles. The van der Waals surface area contributed by atoms with Crippen molar-refractivity contribution in [1.29, 1.82) is 0 Å². The summed E-state index contributed by atoms with van der Waals surface area (Å²) >= 11 is 5.70. The number of halogens is 1. The molecule has 1 rings (SSSR count). The zero-order chi connectivity index (χ0) is 11.4. The molecule has 1 amide bonds. The average Bonchev–Trinajstić information content (AvgIpc) is 2.15. The minimum Gasteiger partial charge on any atom is -0.336 e. The van der Waals surface area contributed by atoms with Gasteiger partial charge in [0.15, 0.2) is 0 Å². The lowest BCUT2D eigenvalue weighted by atomic mass is 10.3. The molecule has 3 nitrogen and oxygen atoms in total. The van der Waals surface area contributed by atoms with Crippen LogP contribution in [0.1, 0.15) is 17.4 Å². The molecule has 0 saturated carbocycles. The van der Waals surface area contributed by atoms with E-state index in [9.17, 15) is 4.79 Å². The van der Waals surface area contributed by atoms with Gasteiger partial charge in [0.2, 0.25) is 0 Å². The minimum atomic E-state index is -0.152. The van der Waals surface area contributed by atoms with Crippen molar-refractivity contribution in [3.05, 3.63) is 41.2 Å². The number of carbonyl (C=O) groups excluding carboxylic acids is 1. The van der Waals surface area contributed by atoms with E-state index in [2.05, 4.69) is 11.6 Å². The predicted octanol–water partition coefficient (Wildman–Crippen LogP) is 2.38. The first-order valence-corrected chi connectivity index (χ1v) is 4.91. The highest BCUT2D eigenvalue weighted by atomic mass is 35.5. The van der Waals surface area contributed by atoms with Gasteiger partial charge in [0.25, 0.3) is 5.91 Å². The number of pyridine rings is 1. The Kier molecular flexibility index (Phi) is 3.86. The van der Waals surface area contributed by atoms with Crippen molar-refractivity contribution in [3.63, 3.8) is 0 Å². The molecule has 0 aliphatic rings. The molecule has 0 aromatic carbocycles. The quantitative estimate of drug-likeness (QED) is 0.584. The van der Waals surface area contributed by atoms with Crippen LogP contribution in [0.2, 0.25) is 5.15 Å². The van der Waals surface area contributed by atoms with Gasteiger partial charge in [0, 0.05) is 13.6 Å². The summed E-state index contributed by atoms with van der Waals surface area (Å²) in [6.45, 7) is 6.14. The summed E-state index contributed by atoms with van der Waals surface area (Å²) in [5.41, 5.74) is 1.28. The fraction of sp³-hybridized carbons (Fsp3) is 0.273. The van der Waals surface area contributed by atoms with Gasteiger partial charge in [-0.1, -0.05) is 29.8 Å². The zero-order valence-corrected chi connectivity index (χ0v) is 9.58. The normalized spacial score (nSPS) is 9.80. The summed E-state index contributed by atoms with van der Waals surface area (Å²) < 4.78 is 0. The second-order valence-corrected chi connectivity index (χ2v) is 3.85. The molecular formula is C11H13ClN2O. The molecule has 0 fully saturated rings. The lowest BCUT2D eigenvalue weighted by Crippen LogP contribution is -2.28. The number of rotatable bonds is 3. The summed E-state index contributed by atoms with van der Waals surface area (Å²) in [4.78, 5) is 17.3. The van der Waals surface area contributed by atoms with Gasteiger partial charge in [-0.2, -0.15) is 0 Å². The van der Waals surface area contributed by atoms with Crippen LogP contribution < -0.4 is 0 Å². The predicted molar refractivity (Wildman–Crippen MR) is 61.0 cm³/mol. The Morgan fingerprint density at radius 2 is 2.27 bits per heavy atom. The van der Waals surface area contributed by atoms with Gasteiger partial charge in [0.05, 0.1) is 0 Å². The molecule has 0 atom stereocenters. The van der Waals surface area contributed by atoms with Crippen LogP contribution in [0.15, 0.2) is 30.4 Å². The highest BCUT2D eigenvalue weighted by Crippen LogP contribution is 2.07. The summed E-state index contributed by atoms with van der Waals surface area (Å²) in [6, 6.07) is 4.98. The van der Waals surface area contributed by atoms with E-state index in [1.807, 2.05) is 6.92 Å². The monoisotopic (exact) mass is 224 g/mol. The van der Waals surface area contributed by atoms with E-state index < -0.39 is 0 Å². The van der Waals surface area contributed by atoms with Crippen LogP contribution in [0.3, 0.4) is 0 Å². The molecule has 0 aliphatic carbocycles. The van der Waals surface area contributed by atoms with Gasteiger partial charge in [-0.25, -0.2) is 4.98 Å². The van der Waals surface area contributed by atoms with Crippen LogP contribution >= 0.6 is 11.6 Å². The van der Waals surface area contributed by atoms with E-state index >= 15 is 0 Å². The Labute approximate surface area is 94.4 Å². The van der Waals surface area contributed by atoms with Crippen molar-refractivity contribution < 1.29 is 4.79 Å². The number of hydrogen-bond donors (Lipinski definition) is 0. The third-order valence-corrected chi connectivity index (χ3v) is 2.00. The topological polar surface area (TPSA) is 33.2 Å². The fourth-order valence-corrected chi connectivity index (χ4v) is 1.36. The smallest absolute Gasteiger partial charge is 0.272 e. The summed E-state index contributed by atoms with van der Waals surface area (Å²) in [7, 11) is 1.71. The van der Waals surface area contributed by atoms with Crippen molar-refractivity contribution in [2.45, 2.75) is 6.92 Å². The Hall–Kier alpha value is -1.35. The lowest BCUT2D eigenvalue weighted by Gasteiger charge is -2.16. The lowest BCUT2D eigenvalue weighted by molar-refractivity contribution is 0.0801. The second-order valence-electron chi connectivity index (χ2n) is 3.46. The van der Waals surface area contributed by atoms with E-state index in [4.69, 9.17) is 11.6 Å². The SMILES string of the molecule is C=C(C)CN(C)C(=O)c1cccc(Cl)n1. The molecule has 0 aliphatic heterocycles. The first-order valence-electron chi connectivity index (χ1n) is 4.53. The van der Waals surface area contributed by atoms with E-state index in [-0.39, 0.29) is 5.91 Å². The van der Waals surface area contributed by atoms with Gasteiger partial charge >= 0.3 is 0 Å². The molecule has 0 spiro atoms. The van der Waals surface area contributed by atoms with E-state index in [0.717, 1.165) is 5.57 Å². The maximum absolute atomic E-state index is 11.8. The van der Waals surface area contributed by atoms with Crippen LogP contribution in [0.25, 0.3) is 0 Å². The summed E-state index contributed by atoms with van der Waals surface area (Å²) in [6.07, 6.45) is 0. The van der Waals surface area contributed by atoms with E-state index in [1.54, 1.807) is 30.1 Å². The number of hydrogen-bond acceptors (Lipinski definition) is 2. The molecular weight excluding hydrogens is 212 g/mol. The molecule has 1 aromatic rings. The van der Waals surface area contributed by atoms with Crippen molar-refractivity contribution in [1.82, 2.24) is 9.88 Å². The molecule has 0 bridgehead atoms. The van der Waals surface area contributed by atoms with Gasteiger partial charge in [0.1, 0.15) is 10.8 Å². The Morgan fingerprint density at radius 3 is 2.80 bits per heavy atom. The molecule has 80 valence electrons. The van der Waals surface area contributed by atoms with Crippen LogP contribution in [-0.4, -0.2) is 29.4 Å². The van der Waals surface area contributed by atoms with Crippen LogP contribution in [-0.2, 0) is 0 Å². The Morgan fingerprint density at radius 1 is 1.60 bits per heavy atom. The van der Waals surface area contributed by atoms with Crippen LogP contribution in [0, 0.1) is 0 Å². The second kappa shape index (κ2) is 4.94. The maximum atomic E-state index is 11.8. The maximum Gasteiger partial charge on any atom is 0.272 e. The third-order valence-electron chi connectivity index (χ3n) is 1.79. The van der Waals surface area contributed by atoms with Crippen molar-refractivity contribution in [2.75, 3.05) is 13.6 Å². The number of aromatic nitrogens is 1. The average molecular weight is 225 g/mol. The third kappa shape index (κ3) is 3.36. The number of nitrogens with zero attached hydrogens (tertiary/aromatic N) is 2. The minimum absolute atomic E-state index is 0.152. The summed E-state index contributed by atoms with van der Waals surface area (Å²) in [5.74, 6) is -0.152. The number of carbonyl (C=O) groups is 1. The van der Waals surface area contributed by atoms with Crippen molar-refractivity contribution >= 4 is 17.5 Å². The first kappa shape index (κ1) is 11.7. The van der Waals surface area contributed by atoms with Crippen LogP contribution in [0.5, 0.6) is 0 Å². The van der Waals surface area contributed by atoms with Crippen LogP contribution in [0.4, 0.5) is 0 Å². The zero-order valence-electron chi connectivity index (χ0n) is 8.83. The number of amides is 1. The summed E-state index contributed by atoms with van der Waals surface area (Å²) in [5, 5.41) is 0.324. The highest BCUT2D eigenvalue weighted by molar-refractivity contribution is 6.29. The molecule has 15 heavy (non-hydrogen) atoms. The van der Waals surface area contributed by atoms with E-state index in [0.29, 0.717) is 17.4 Å². The van der Waals surface area contributed by atoms with Gasteiger partial charge in [-0.3, -0.25) is 4.79 Å². The number of likely N-dealkylation sites (N-methyl/N-ethyl adjacent to an activating group) is 1. The largest absolute Gasteiger partial charge is 0.336 e.